The Morgan fingerprint density at radius 3 is 2.53 bits per heavy atom. The zero-order chi connectivity index (χ0) is 14.4. The second-order valence-corrected chi connectivity index (χ2v) is 5.75. The third-order valence-electron chi connectivity index (χ3n) is 4.02. The lowest BCUT2D eigenvalue weighted by atomic mass is 9.88. The average molecular weight is 269 g/mol. The van der Waals surface area contributed by atoms with Crippen LogP contribution in [0.1, 0.15) is 33.1 Å². The molecule has 1 saturated heterocycles. The third-order valence-corrected chi connectivity index (χ3v) is 4.02. The van der Waals surface area contributed by atoms with Crippen LogP contribution >= 0.6 is 0 Å². The number of likely N-dealkylation sites (N-methyl/N-ethyl adjacent to an activating group) is 1. The second-order valence-electron chi connectivity index (χ2n) is 5.75. The molecule has 0 aromatic carbocycles. The quantitative estimate of drug-likeness (QED) is 0.771. The molecule has 1 rings (SSSR count). The smallest absolute Gasteiger partial charge is 0.241 e. The summed E-state index contributed by atoms with van der Waals surface area (Å²) in [6.45, 7) is 6.54. The molecule has 0 radical (unpaired) electrons. The minimum atomic E-state index is 0.0296. The van der Waals surface area contributed by atoms with Gasteiger partial charge in [-0.15, -0.1) is 0 Å². The normalized spacial score (nSPS) is 18.1. The standard InChI is InChI=1S/C14H27N3O2/c1-11(2)12(6-7-15)4-5-13(18)17-9-8-16(3)14(19)10-17/h11-12H,4-10,15H2,1-3H3. The fourth-order valence-electron chi connectivity index (χ4n) is 2.46. The largest absolute Gasteiger partial charge is 0.342 e. The molecule has 1 unspecified atom stereocenters. The molecular weight excluding hydrogens is 242 g/mol. The highest BCUT2D eigenvalue weighted by Crippen LogP contribution is 2.21. The van der Waals surface area contributed by atoms with E-state index >= 15 is 0 Å². The van der Waals surface area contributed by atoms with Crippen molar-refractivity contribution in [3.8, 4) is 0 Å². The van der Waals surface area contributed by atoms with Crippen LogP contribution in [0.3, 0.4) is 0 Å². The lowest BCUT2D eigenvalue weighted by Gasteiger charge is -2.32. The van der Waals surface area contributed by atoms with E-state index in [0.717, 1.165) is 12.8 Å². The number of nitrogens with two attached hydrogens (primary N) is 1. The van der Waals surface area contributed by atoms with E-state index in [-0.39, 0.29) is 18.4 Å². The zero-order valence-corrected chi connectivity index (χ0v) is 12.4. The van der Waals surface area contributed by atoms with E-state index in [9.17, 15) is 9.59 Å². The molecular formula is C14H27N3O2. The first-order valence-electron chi connectivity index (χ1n) is 7.17. The molecule has 1 aliphatic heterocycles. The van der Waals surface area contributed by atoms with Crippen LogP contribution in [0.2, 0.25) is 0 Å². The summed E-state index contributed by atoms with van der Waals surface area (Å²) in [5.74, 6) is 1.17. The maximum atomic E-state index is 12.1. The van der Waals surface area contributed by atoms with Crippen LogP contribution in [0.15, 0.2) is 0 Å². The van der Waals surface area contributed by atoms with Crippen molar-refractivity contribution in [3.05, 3.63) is 0 Å². The maximum Gasteiger partial charge on any atom is 0.241 e. The van der Waals surface area contributed by atoms with Gasteiger partial charge in [0.2, 0.25) is 11.8 Å². The van der Waals surface area contributed by atoms with E-state index in [1.807, 2.05) is 0 Å². The molecule has 0 saturated carbocycles. The Kier molecular flexibility index (Phi) is 6.28. The maximum absolute atomic E-state index is 12.1. The van der Waals surface area contributed by atoms with Gasteiger partial charge in [-0.1, -0.05) is 13.8 Å². The monoisotopic (exact) mass is 269 g/mol. The van der Waals surface area contributed by atoms with Gasteiger partial charge in [0.05, 0.1) is 6.54 Å². The topological polar surface area (TPSA) is 66.6 Å². The second kappa shape index (κ2) is 7.48. The Balaban J connectivity index is 2.40. The molecule has 1 atom stereocenters. The summed E-state index contributed by atoms with van der Waals surface area (Å²) in [6, 6.07) is 0. The minimum absolute atomic E-state index is 0.0296. The summed E-state index contributed by atoms with van der Waals surface area (Å²) < 4.78 is 0. The van der Waals surface area contributed by atoms with Gasteiger partial charge in [-0.05, 0) is 31.2 Å². The van der Waals surface area contributed by atoms with Gasteiger partial charge < -0.3 is 15.5 Å². The van der Waals surface area contributed by atoms with Gasteiger partial charge in [0, 0.05) is 26.6 Å². The average Bonchev–Trinajstić information content (AvgIpc) is 2.37. The molecule has 2 N–H and O–H groups in total. The lowest BCUT2D eigenvalue weighted by Crippen LogP contribution is -2.50. The zero-order valence-electron chi connectivity index (χ0n) is 12.4. The molecule has 0 aliphatic carbocycles. The summed E-state index contributed by atoms with van der Waals surface area (Å²) in [7, 11) is 1.78. The number of piperazine rings is 1. The molecule has 0 bridgehead atoms. The van der Waals surface area contributed by atoms with Gasteiger partial charge in [-0.25, -0.2) is 0 Å². The van der Waals surface area contributed by atoms with Crippen LogP contribution in [0.5, 0.6) is 0 Å². The molecule has 19 heavy (non-hydrogen) atoms. The highest BCUT2D eigenvalue weighted by Gasteiger charge is 2.25. The van der Waals surface area contributed by atoms with Crippen molar-refractivity contribution in [1.82, 2.24) is 9.80 Å². The molecule has 1 heterocycles. The third kappa shape index (κ3) is 4.82. The van der Waals surface area contributed by atoms with E-state index in [0.29, 0.717) is 37.9 Å². The molecule has 1 aliphatic rings. The van der Waals surface area contributed by atoms with Crippen LogP contribution in [0.25, 0.3) is 0 Å². The van der Waals surface area contributed by atoms with Crippen molar-refractivity contribution < 1.29 is 9.59 Å². The number of carbonyl (C=O) groups is 2. The van der Waals surface area contributed by atoms with Crippen molar-refractivity contribution in [1.29, 1.82) is 0 Å². The molecule has 5 nitrogen and oxygen atoms in total. The van der Waals surface area contributed by atoms with Crippen molar-refractivity contribution in [2.45, 2.75) is 33.1 Å². The molecule has 0 aromatic rings. The molecule has 110 valence electrons. The van der Waals surface area contributed by atoms with Crippen molar-refractivity contribution in [2.75, 3.05) is 33.2 Å². The van der Waals surface area contributed by atoms with Gasteiger partial charge in [-0.2, -0.15) is 0 Å². The van der Waals surface area contributed by atoms with E-state index < -0.39 is 0 Å². The predicted octanol–water partition coefficient (Wildman–Crippen LogP) is 0.688. The Hall–Kier alpha value is -1.10. The van der Waals surface area contributed by atoms with Crippen LogP contribution in [0.4, 0.5) is 0 Å². The summed E-state index contributed by atoms with van der Waals surface area (Å²) >= 11 is 0. The van der Waals surface area contributed by atoms with Crippen molar-refractivity contribution in [3.63, 3.8) is 0 Å². The highest BCUT2D eigenvalue weighted by molar-refractivity contribution is 5.85. The van der Waals surface area contributed by atoms with E-state index in [1.165, 1.54) is 0 Å². The van der Waals surface area contributed by atoms with Gasteiger partial charge in [0.1, 0.15) is 0 Å². The first-order valence-corrected chi connectivity index (χ1v) is 7.17. The number of carbonyl (C=O) groups excluding carboxylic acids is 2. The molecule has 0 aromatic heterocycles. The predicted molar refractivity (Wildman–Crippen MR) is 75.5 cm³/mol. The molecule has 5 heteroatoms. The number of rotatable bonds is 6. The summed E-state index contributed by atoms with van der Waals surface area (Å²) in [6.07, 6.45) is 2.36. The van der Waals surface area contributed by atoms with Crippen LogP contribution in [0, 0.1) is 11.8 Å². The van der Waals surface area contributed by atoms with Gasteiger partial charge in [0.25, 0.3) is 0 Å². The number of nitrogens with zero attached hydrogens (tertiary/aromatic N) is 2. The first kappa shape index (κ1) is 16.0. The minimum Gasteiger partial charge on any atom is -0.342 e. The fourth-order valence-corrected chi connectivity index (χ4v) is 2.46. The SMILES string of the molecule is CC(C)C(CCN)CCC(=O)N1CCN(C)C(=O)C1. The van der Waals surface area contributed by atoms with E-state index in [4.69, 9.17) is 5.73 Å². The molecule has 1 fully saturated rings. The fraction of sp³-hybridized carbons (Fsp3) is 0.857. The summed E-state index contributed by atoms with van der Waals surface area (Å²) in [5.41, 5.74) is 5.60. The van der Waals surface area contributed by atoms with Gasteiger partial charge in [-0.3, -0.25) is 9.59 Å². The van der Waals surface area contributed by atoms with Crippen molar-refractivity contribution in [2.24, 2.45) is 17.6 Å². The van der Waals surface area contributed by atoms with E-state index in [1.54, 1.807) is 16.8 Å². The Morgan fingerprint density at radius 1 is 1.32 bits per heavy atom. The first-order chi connectivity index (χ1) is 8.95. The van der Waals surface area contributed by atoms with E-state index in [2.05, 4.69) is 13.8 Å². The summed E-state index contributed by atoms with van der Waals surface area (Å²) in [5, 5.41) is 0. The number of amides is 2. The molecule has 0 spiro atoms. The van der Waals surface area contributed by atoms with Crippen LogP contribution in [-0.2, 0) is 9.59 Å². The van der Waals surface area contributed by atoms with Gasteiger partial charge >= 0.3 is 0 Å². The molecule has 2 amide bonds. The number of hydrogen-bond acceptors (Lipinski definition) is 3. The Labute approximate surface area is 116 Å². The lowest BCUT2D eigenvalue weighted by molar-refractivity contribution is -0.144. The van der Waals surface area contributed by atoms with Crippen LogP contribution in [-0.4, -0.2) is 54.8 Å². The Morgan fingerprint density at radius 2 is 2.00 bits per heavy atom. The Bertz CT molecular complexity index is 318. The summed E-state index contributed by atoms with van der Waals surface area (Å²) in [4.78, 5) is 27.0. The highest BCUT2D eigenvalue weighted by atomic mass is 16.2. The van der Waals surface area contributed by atoms with Crippen LogP contribution < -0.4 is 5.73 Å². The van der Waals surface area contributed by atoms with Gasteiger partial charge in [0.15, 0.2) is 0 Å². The number of hydrogen-bond donors (Lipinski definition) is 1. The van der Waals surface area contributed by atoms with Crippen molar-refractivity contribution >= 4 is 11.8 Å².